The first-order valence-electron chi connectivity index (χ1n) is 6.97. The smallest absolute Gasteiger partial charge is 0.191 e. The molecule has 0 aliphatic heterocycles. The molecule has 1 heterocycles. The summed E-state index contributed by atoms with van der Waals surface area (Å²) in [5.74, 6) is 2.88. The van der Waals surface area contributed by atoms with E-state index >= 15 is 0 Å². The standard InChI is InChI=1S/C15H24N4S/c1-3-12-20-13-11-19-15(16-4-2)18-10-8-14-7-5-6-9-17-14/h3,5-7,9H,1,4,8,10-13H2,2H3,(H2,16,18,19). The van der Waals surface area contributed by atoms with Crippen LogP contribution >= 0.6 is 11.8 Å². The quantitative estimate of drug-likeness (QED) is 0.317. The molecule has 0 atom stereocenters. The van der Waals surface area contributed by atoms with Crippen LogP contribution in [-0.4, -0.2) is 42.1 Å². The largest absolute Gasteiger partial charge is 0.357 e. The maximum Gasteiger partial charge on any atom is 0.191 e. The number of aliphatic imine (C=N–C) groups is 1. The van der Waals surface area contributed by atoms with E-state index < -0.39 is 0 Å². The Morgan fingerprint density at radius 3 is 3.05 bits per heavy atom. The van der Waals surface area contributed by atoms with Gasteiger partial charge in [-0.15, -0.1) is 6.58 Å². The number of nitrogens with zero attached hydrogens (tertiary/aromatic N) is 2. The second kappa shape index (κ2) is 11.3. The molecule has 2 N–H and O–H groups in total. The van der Waals surface area contributed by atoms with Crippen LogP contribution in [-0.2, 0) is 6.42 Å². The third-order valence-corrected chi connectivity index (χ3v) is 3.43. The minimum atomic E-state index is 0.817. The van der Waals surface area contributed by atoms with E-state index in [1.807, 2.05) is 42.2 Å². The lowest BCUT2D eigenvalue weighted by Crippen LogP contribution is -2.38. The van der Waals surface area contributed by atoms with Crippen LogP contribution in [0, 0.1) is 0 Å². The van der Waals surface area contributed by atoms with Gasteiger partial charge in [-0.25, -0.2) is 0 Å². The van der Waals surface area contributed by atoms with E-state index in [0.29, 0.717) is 0 Å². The van der Waals surface area contributed by atoms with E-state index in [1.165, 1.54) is 0 Å². The topological polar surface area (TPSA) is 49.3 Å². The molecule has 0 fully saturated rings. The molecule has 1 rings (SSSR count). The molecule has 110 valence electrons. The Kier molecular flexibility index (Phi) is 9.40. The molecule has 0 amide bonds. The van der Waals surface area contributed by atoms with E-state index in [9.17, 15) is 0 Å². The van der Waals surface area contributed by atoms with Crippen molar-refractivity contribution in [3.63, 3.8) is 0 Å². The highest BCUT2D eigenvalue weighted by atomic mass is 32.2. The molecule has 0 aliphatic carbocycles. The molecular formula is C15H24N4S. The summed E-state index contributed by atoms with van der Waals surface area (Å²) < 4.78 is 0. The zero-order valence-electron chi connectivity index (χ0n) is 12.1. The summed E-state index contributed by atoms with van der Waals surface area (Å²) in [7, 11) is 0. The fourth-order valence-corrected chi connectivity index (χ4v) is 2.14. The maximum absolute atomic E-state index is 4.54. The van der Waals surface area contributed by atoms with E-state index in [1.54, 1.807) is 0 Å². The number of nitrogens with one attached hydrogen (secondary N) is 2. The van der Waals surface area contributed by atoms with Crippen molar-refractivity contribution in [2.24, 2.45) is 4.99 Å². The van der Waals surface area contributed by atoms with Gasteiger partial charge in [0.05, 0.1) is 6.54 Å². The second-order valence-corrected chi connectivity index (χ2v) is 5.27. The highest BCUT2D eigenvalue weighted by Gasteiger charge is 1.97. The van der Waals surface area contributed by atoms with Gasteiger partial charge in [0.2, 0.25) is 0 Å². The van der Waals surface area contributed by atoms with Crippen LogP contribution in [0.1, 0.15) is 12.6 Å². The monoisotopic (exact) mass is 292 g/mol. The predicted octanol–water partition coefficient (Wildman–Crippen LogP) is 2.10. The van der Waals surface area contributed by atoms with Crippen molar-refractivity contribution >= 4 is 17.7 Å². The highest BCUT2D eigenvalue weighted by Crippen LogP contribution is 1.98. The van der Waals surface area contributed by atoms with E-state index in [-0.39, 0.29) is 0 Å². The number of rotatable bonds is 9. The van der Waals surface area contributed by atoms with Gasteiger partial charge in [-0.3, -0.25) is 9.98 Å². The highest BCUT2D eigenvalue weighted by molar-refractivity contribution is 7.99. The van der Waals surface area contributed by atoms with Crippen molar-refractivity contribution in [2.45, 2.75) is 13.3 Å². The lowest BCUT2D eigenvalue weighted by molar-refractivity contribution is 0.792. The molecular weight excluding hydrogens is 268 g/mol. The first-order valence-corrected chi connectivity index (χ1v) is 8.13. The molecule has 4 nitrogen and oxygen atoms in total. The van der Waals surface area contributed by atoms with E-state index in [2.05, 4.69) is 34.1 Å². The van der Waals surface area contributed by atoms with Crippen molar-refractivity contribution in [3.05, 3.63) is 42.7 Å². The molecule has 0 saturated carbocycles. The minimum Gasteiger partial charge on any atom is -0.357 e. The molecule has 0 saturated heterocycles. The SMILES string of the molecule is C=CCSCCN=C(NCC)NCCc1ccccn1. The summed E-state index contributed by atoms with van der Waals surface area (Å²) in [6.07, 6.45) is 4.65. The van der Waals surface area contributed by atoms with E-state index in [4.69, 9.17) is 0 Å². The molecule has 5 heteroatoms. The van der Waals surface area contributed by atoms with Crippen LogP contribution < -0.4 is 10.6 Å². The molecule has 1 aromatic rings. The van der Waals surface area contributed by atoms with Gasteiger partial charge in [0, 0.05) is 42.9 Å². The summed E-state index contributed by atoms with van der Waals surface area (Å²) in [5.41, 5.74) is 1.09. The molecule has 0 aromatic carbocycles. The first kappa shape index (κ1) is 16.6. The van der Waals surface area contributed by atoms with Crippen molar-refractivity contribution in [1.29, 1.82) is 0 Å². The van der Waals surface area contributed by atoms with Crippen molar-refractivity contribution in [2.75, 3.05) is 31.1 Å². The molecule has 0 unspecified atom stereocenters. The second-order valence-electron chi connectivity index (χ2n) is 4.12. The zero-order valence-corrected chi connectivity index (χ0v) is 13.0. The molecule has 1 aromatic heterocycles. The molecule has 0 radical (unpaired) electrons. The summed E-state index contributed by atoms with van der Waals surface area (Å²) in [6.45, 7) is 8.30. The average Bonchev–Trinajstić information content (AvgIpc) is 2.48. The summed E-state index contributed by atoms with van der Waals surface area (Å²) >= 11 is 1.84. The number of aromatic nitrogens is 1. The normalized spacial score (nSPS) is 11.2. The van der Waals surface area contributed by atoms with Crippen LogP contribution in [0.2, 0.25) is 0 Å². The van der Waals surface area contributed by atoms with Gasteiger partial charge in [0.1, 0.15) is 0 Å². The maximum atomic E-state index is 4.54. The van der Waals surface area contributed by atoms with Gasteiger partial charge in [0.15, 0.2) is 5.96 Å². The van der Waals surface area contributed by atoms with Gasteiger partial charge in [-0.05, 0) is 19.1 Å². The van der Waals surface area contributed by atoms with Crippen LogP contribution in [0.5, 0.6) is 0 Å². The van der Waals surface area contributed by atoms with Gasteiger partial charge in [-0.1, -0.05) is 12.1 Å². The van der Waals surface area contributed by atoms with Crippen LogP contribution in [0.15, 0.2) is 42.0 Å². The summed E-state index contributed by atoms with van der Waals surface area (Å²) in [5, 5.41) is 6.58. The fourth-order valence-electron chi connectivity index (χ4n) is 1.59. The van der Waals surface area contributed by atoms with Gasteiger partial charge >= 0.3 is 0 Å². The Balaban J connectivity index is 2.27. The number of pyridine rings is 1. The Morgan fingerprint density at radius 2 is 2.35 bits per heavy atom. The summed E-state index contributed by atoms with van der Waals surface area (Å²) in [4.78, 5) is 8.84. The van der Waals surface area contributed by atoms with Crippen molar-refractivity contribution in [3.8, 4) is 0 Å². The number of hydrogen-bond acceptors (Lipinski definition) is 3. The Labute approximate surface area is 126 Å². The average molecular weight is 292 g/mol. The van der Waals surface area contributed by atoms with Gasteiger partial charge in [0.25, 0.3) is 0 Å². The van der Waals surface area contributed by atoms with Crippen LogP contribution in [0.3, 0.4) is 0 Å². The lowest BCUT2D eigenvalue weighted by Gasteiger charge is -2.10. The Morgan fingerprint density at radius 1 is 1.45 bits per heavy atom. The van der Waals surface area contributed by atoms with Crippen molar-refractivity contribution in [1.82, 2.24) is 15.6 Å². The van der Waals surface area contributed by atoms with Crippen molar-refractivity contribution < 1.29 is 0 Å². The van der Waals surface area contributed by atoms with Crippen LogP contribution in [0.4, 0.5) is 0 Å². The Hall–Kier alpha value is -1.49. The summed E-state index contributed by atoms with van der Waals surface area (Å²) in [6, 6.07) is 5.99. The fraction of sp³-hybridized carbons (Fsp3) is 0.467. The first-order chi connectivity index (χ1) is 9.86. The van der Waals surface area contributed by atoms with Crippen LogP contribution in [0.25, 0.3) is 0 Å². The number of thioether (sulfide) groups is 1. The van der Waals surface area contributed by atoms with E-state index in [0.717, 1.165) is 49.2 Å². The lowest BCUT2D eigenvalue weighted by atomic mass is 10.3. The minimum absolute atomic E-state index is 0.817. The number of hydrogen-bond donors (Lipinski definition) is 2. The third kappa shape index (κ3) is 7.84. The predicted molar refractivity (Wildman–Crippen MR) is 89.4 cm³/mol. The molecule has 0 spiro atoms. The molecule has 20 heavy (non-hydrogen) atoms. The Bertz CT molecular complexity index is 392. The zero-order chi connectivity index (χ0) is 14.5. The molecule has 0 aliphatic rings. The molecule has 0 bridgehead atoms. The van der Waals surface area contributed by atoms with Gasteiger partial charge in [-0.2, -0.15) is 11.8 Å². The number of guanidine groups is 1. The van der Waals surface area contributed by atoms with Gasteiger partial charge < -0.3 is 10.6 Å². The third-order valence-electron chi connectivity index (χ3n) is 2.49.